The summed E-state index contributed by atoms with van der Waals surface area (Å²) in [6.07, 6.45) is -1.29. The van der Waals surface area contributed by atoms with Crippen LogP contribution in [0.15, 0.2) is 42.5 Å². The number of ketones is 1. The summed E-state index contributed by atoms with van der Waals surface area (Å²) in [5.74, 6) is -0.169. The predicted octanol–water partition coefficient (Wildman–Crippen LogP) is 8.15. The molecule has 0 N–H and O–H groups in total. The molecule has 0 unspecified atom stereocenters. The maximum absolute atomic E-state index is 12.9. The minimum atomic E-state index is -4.42. The van der Waals surface area contributed by atoms with Gasteiger partial charge in [-0.3, -0.25) is 4.79 Å². The molecule has 1 aromatic heterocycles. The van der Waals surface area contributed by atoms with Gasteiger partial charge < -0.3 is 9.47 Å². The smallest absolute Gasteiger partial charge is 0.416 e. The van der Waals surface area contributed by atoms with Gasteiger partial charge in [-0.25, -0.2) is 9.78 Å². The molecule has 0 aliphatic heterocycles. The molecule has 1 heterocycles. The lowest BCUT2D eigenvalue weighted by Gasteiger charge is -2.30. The number of carbonyl (C=O) groups is 2. The number of nitrogens with zero attached hydrogens (tertiary/aromatic N) is 1. The van der Waals surface area contributed by atoms with E-state index >= 15 is 0 Å². The molecular formula is C30H32F3NO4S. The molecule has 0 radical (unpaired) electrons. The Bertz CT molecular complexity index is 1390. The Balaban J connectivity index is 1.77. The standard InChI is InChI=1S/C30H32F3NO4S/c1-17-15-20(16-18(2)24(17)37-29(7,8)27(36)38-28(4,5)6)9-14-23(35)25-19(3)34-26(39-25)21-10-12-22(13-11-21)30(31,32)33/h9-16H,1-8H3/b14-9+. The van der Waals surface area contributed by atoms with Gasteiger partial charge >= 0.3 is 12.1 Å². The summed E-state index contributed by atoms with van der Waals surface area (Å²) in [5.41, 5.74) is 0.776. The monoisotopic (exact) mass is 559 g/mol. The van der Waals surface area contributed by atoms with Crippen LogP contribution >= 0.6 is 11.3 Å². The third-order valence-corrected chi connectivity index (χ3v) is 6.86. The number of hydrogen-bond donors (Lipinski definition) is 0. The predicted molar refractivity (Wildman–Crippen MR) is 147 cm³/mol. The molecular weight excluding hydrogens is 527 g/mol. The molecule has 208 valence electrons. The van der Waals surface area contributed by atoms with Crippen molar-refractivity contribution in [1.82, 2.24) is 4.98 Å². The van der Waals surface area contributed by atoms with Crippen molar-refractivity contribution in [2.45, 2.75) is 72.8 Å². The molecule has 0 saturated heterocycles. The summed E-state index contributed by atoms with van der Waals surface area (Å²) >= 11 is 1.13. The normalized spacial score (nSPS) is 12.6. The SMILES string of the molecule is Cc1cc(/C=C/C(=O)c2sc(-c3ccc(C(F)(F)F)cc3)nc2C)cc(C)c1OC(C)(C)C(=O)OC(C)(C)C. The number of ether oxygens (including phenoxy) is 2. The van der Waals surface area contributed by atoms with Gasteiger partial charge in [-0.15, -0.1) is 11.3 Å². The van der Waals surface area contributed by atoms with E-state index in [-0.39, 0.29) is 5.78 Å². The van der Waals surface area contributed by atoms with Crippen LogP contribution in [0.1, 0.15) is 72.2 Å². The first kappa shape index (κ1) is 30.1. The molecule has 9 heteroatoms. The quantitative estimate of drug-likeness (QED) is 0.166. The zero-order chi connectivity index (χ0) is 29.3. The maximum Gasteiger partial charge on any atom is 0.416 e. The van der Waals surface area contributed by atoms with Gasteiger partial charge in [0.1, 0.15) is 16.4 Å². The van der Waals surface area contributed by atoms with E-state index in [1.54, 1.807) is 47.6 Å². The van der Waals surface area contributed by atoms with Gasteiger partial charge in [0.05, 0.1) is 16.1 Å². The second-order valence-electron chi connectivity index (χ2n) is 10.8. The van der Waals surface area contributed by atoms with Crippen molar-refractivity contribution in [3.05, 3.63) is 75.3 Å². The Labute approximate surface area is 230 Å². The van der Waals surface area contributed by atoms with Gasteiger partial charge in [0, 0.05) is 5.56 Å². The Morgan fingerprint density at radius 1 is 0.923 bits per heavy atom. The van der Waals surface area contributed by atoms with E-state index in [2.05, 4.69) is 4.98 Å². The molecule has 39 heavy (non-hydrogen) atoms. The summed E-state index contributed by atoms with van der Waals surface area (Å²) in [7, 11) is 0. The summed E-state index contributed by atoms with van der Waals surface area (Å²) in [5, 5.41) is 0.471. The van der Waals surface area contributed by atoms with E-state index in [0.29, 0.717) is 26.9 Å². The fourth-order valence-corrected chi connectivity index (χ4v) is 4.73. The van der Waals surface area contributed by atoms with Crippen LogP contribution in [-0.2, 0) is 15.7 Å². The zero-order valence-electron chi connectivity index (χ0n) is 23.2. The lowest BCUT2D eigenvalue weighted by atomic mass is 10.0. The zero-order valence-corrected chi connectivity index (χ0v) is 24.1. The van der Waals surface area contributed by atoms with Gasteiger partial charge in [0.2, 0.25) is 0 Å². The van der Waals surface area contributed by atoms with E-state index in [4.69, 9.17) is 9.47 Å². The van der Waals surface area contributed by atoms with Gasteiger partial charge in [-0.2, -0.15) is 13.2 Å². The van der Waals surface area contributed by atoms with Gasteiger partial charge in [-0.1, -0.05) is 18.2 Å². The van der Waals surface area contributed by atoms with Crippen LogP contribution in [0.5, 0.6) is 5.75 Å². The van der Waals surface area contributed by atoms with Gasteiger partial charge in [0.25, 0.3) is 0 Å². The number of rotatable bonds is 7. The molecule has 0 saturated carbocycles. The maximum atomic E-state index is 12.9. The number of carbonyl (C=O) groups excluding carboxylic acids is 2. The third kappa shape index (κ3) is 7.56. The fraction of sp³-hybridized carbons (Fsp3) is 0.367. The van der Waals surface area contributed by atoms with Crippen LogP contribution in [-0.4, -0.2) is 27.9 Å². The molecule has 3 aromatic rings. The number of aryl methyl sites for hydroxylation is 3. The van der Waals surface area contributed by atoms with E-state index in [1.807, 2.05) is 26.0 Å². The molecule has 0 spiro atoms. The molecule has 0 aliphatic rings. The number of esters is 1. The van der Waals surface area contributed by atoms with Crippen LogP contribution < -0.4 is 4.74 Å². The first-order valence-electron chi connectivity index (χ1n) is 12.3. The lowest BCUT2D eigenvalue weighted by Crippen LogP contribution is -2.43. The van der Waals surface area contributed by atoms with Crippen LogP contribution in [0.25, 0.3) is 16.6 Å². The number of benzene rings is 2. The highest BCUT2D eigenvalue weighted by Gasteiger charge is 2.35. The highest BCUT2D eigenvalue weighted by molar-refractivity contribution is 7.17. The fourth-order valence-electron chi connectivity index (χ4n) is 3.74. The summed E-state index contributed by atoms with van der Waals surface area (Å²) in [6.45, 7) is 14.1. The summed E-state index contributed by atoms with van der Waals surface area (Å²) < 4.78 is 50.1. The summed E-state index contributed by atoms with van der Waals surface area (Å²) in [4.78, 5) is 30.4. The number of aromatic nitrogens is 1. The van der Waals surface area contributed by atoms with Crippen molar-refractivity contribution in [3.8, 4) is 16.3 Å². The van der Waals surface area contributed by atoms with Crippen molar-refractivity contribution in [2.24, 2.45) is 0 Å². The van der Waals surface area contributed by atoms with Gasteiger partial charge in [-0.05, 0) is 102 Å². The van der Waals surface area contributed by atoms with Gasteiger partial charge in [0.15, 0.2) is 11.4 Å². The molecule has 0 atom stereocenters. The Morgan fingerprint density at radius 2 is 1.49 bits per heavy atom. The second-order valence-corrected chi connectivity index (χ2v) is 11.8. The third-order valence-electron chi connectivity index (χ3n) is 5.64. The Kier molecular flexibility index (Phi) is 8.46. The van der Waals surface area contributed by atoms with Crippen molar-refractivity contribution >= 4 is 29.2 Å². The molecule has 0 amide bonds. The molecule has 0 fully saturated rings. The van der Waals surface area contributed by atoms with Crippen molar-refractivity contribution in [1.29, 1.82) is 0 Å². The van der Waals surface area contributed by atoms with Crippen molar-refractivity contribution in [2.75, 3.05) is 0 Å². The first-order valence-corrected chi connectivity index (χ1v) is 13.1. The average Bonchev–Trinajstić information content (AvgIpc) is 3.20. The Morgan fingerprint density at radius 3 is 2.00 bits per heavy atom. The lowest BCUT2D eigenvalue weighted by molar-refractivity contribution is -0.171. The minimum absolute atomic E-state index is 0.259. The van der Waals surface area contributed by atoms with Crippen LogP contribution in [0, 0.1) is 20.8 Å². The van der Waals surface area contributed by atoms with Crippen molar-refractivity contribution in [3.63, 3.8) is 0 Å². The van der Waals surface area contributed by atoms with E-state index < -0.39 is 28.9 Å². The number of thiazole rings is 1. The molecule has 2 aromatic carbocycles. The second kappa shape index (κ2) is 11.0. The topological polar surface area (TPSA) is 65.5 Å². The molecule has 0 aliphatic carbocycles. The van der Waals surface area contributed by atoms with Crippen LogP contribution in [0.2, 0.25) is 0 Å². The van der Waals surface area contributed by atoms with E-state index in [9.17, 15) is 22.8 Å². The number of hydrogen-bond acceptors (Lipinski definition) is 6. The largest absolute Gasteiger partial charge is 0.476 e. The first-order chi connectivity index (χ1) is 17.9. The molecule has 5 nitrogen and oxygen atoms in total. The van der Waals surface area contributed by atoms with Crippen LogP contribution in [0.3, 0.4) is 0 Å². The summed E-state index contributed by atoms with van der Waals surface area (Å²) in [6, 6.07) is 8.41. The molecule has 3 rings (SSSR count). The minimum Gasteiger partial charge on any atom is -0.476 e. The highest BCUT2D eigenvalue weighted by Crippen LogP contribution is 2.34. The van der Waals surface area contributed by atoms with Crippen molar-refractivity contribution < 1.29 is 32.2 Å². The highest BCUT2D eigenvalue weighted by atomic mass is 32.1. The average molecular weight is 560 g/mol. The Hall–Kier alpha value is -3.46. The number of allylic oxidation sites excluding steroid dienone is 1. The number of alkyl halides is 3. The number of halogens is 3. The van der Waals surface area contributed by atoms with E-state index in [1.165, 1.54) is 18.2 Å². The van der Waals surface area contributed by atoms with Crippen LogP contribution in [0.4, 0.5) is 13.2 Å². The van der Waals surface area contributed by atoms with E-state index in [0.717, 1.165) is 40.2 Å². The molecule has 0 bridgehead atoms.